The van der Waals surface area contributed by atoms with Crippen LogP contribution in [-0.4, -0.2) is 11.8 Å². The van der Waals surface area contributed by atoms with Gasteiger partial charge < -0.3 is 15.0 Å². The predicted molar refractivity (Wildman–Crippen MR) is 44.4 cm³/mol. The van der Waals surface area contributed by atoms with E-state index in [1.807, 2.05) is 0 Å². The van der Waals surface area contributed by atoms with Gasteiger partial charge in [-0.3, -0.25) is 4.79 Å². The molecule has 0 saturated carbocycles. The zero-order valence-electron chi connectivity index (χ0n) is 7.48. The van der Waals surface area contributed by atoms with Crippen LogP contribution in [-0.2, 0) is 26.7 Å². The Hall–Kier alpha value is -1.58. The van der Waals surface area contributed by atoms with E-state index < -0.39 is 17.5 Å². The third kappa shape index (κ3) is 3.97. The van der Waals surface area contributed by atoms with Crippen molar-refractivity contribution < 1.29 is 36.9 Å². The third-order valence-corrected chi connectivity index (χ3v) is 1.52. The molecule has 0 spiro atoms. The van der Waals surface area contributed by atoms with Crippen LogP contribution in [0.25, 0.3) is 5.76 Å². The van der Waals surface area contributed by atoms with E-state index >= 15 is 0 Å². The second-order valence-corrected chi connectivity index (χ2v) is 2.53. The number of hydrogen-bond acceptors (Lipinski definition) is 4. The van der Waals surface area contributed by atoms with Crippen LogP contribution in [0.4, 0.5) is 0 Å². The predicted octanol–water partition coefficient (Wildman–Crippen LogP) is -1.30. The minimum atomic E-state index is -1.88. The molecule has 1 aromatic rings. The molecular weight excluding hydrogens is 239 g/mol. The fourth-order valence-electron chi connectivity index (χ4n) is 0.864. The first-order valence-corrected chi connectivity index (χ1v) is 3.80. The average Bonchev–Trinajstić information content (AvgIpc) is 2.19. The van der Waals surface area contributed by atoms with Crippen molar-refractivity contribution in [2.45, 2.75) is 0 Å². The number of carboxylic acid groups (broad SMARTS) is 1. The summed E-state index contributed by atoms with van der Waals surface area (Å²) in [4.78, 5) is 20.6. The Labute approximate surface area is 96.7 Å². The number of benzene rings is 1. The molecule has 0 aliphatic carbocycles. The van der Waals surface area contributed by atoms with Gasteiger partial charge in [0.05, 0.1) is 0 Å². The summed E-state index contributed by atoms with van der Waals surface area (Å²) in [5.74, 6) is -3.84. The molecule has 0 unspecified atom stereocenters. The molecule has 0 aliphatic rings. The van der Waals surface area contributed by atoms with Crippen LogP contribution in [0.15, 0.2) is 36.4 Å². The van der Waals surface area contributed by atoms with Gasteiger partial charge in [0.2, 0.25) is 5.78 Å². The maximum Gasteiger partial charge on any atom is 2.00 e. The van der Waals surface area contributed by atoms with Crippen LogP contribution < -0.4 is 10.2 Å². The summed E-state index contributed by atoms with van der Waals surface area (Å²) in [5, 5.41) is 21.2. The summed E-state index contributed by atoms with van der Waals surface area (Å²) in [6.07, 6.45) is 0.505. The monoisotopic (exact) mass is 245 g/mol. The van der Waals surface area contributed by atoms with Gasteiger partial charge in [0, 0.05) is 0 Å². The van der Waals surface area contributed by atoms with E-state index in [1.54, 1.807) is 18.2 Å². The van der Waals surface area contributed by atoms with Crippen molar-refractivity contribution in [1.82, 2.24) is 0 Å². The van der Waals surface area contributed by atoms with Crippen molar-refractivity contribution in [2.24, 2.45) is 0 Å². The van der Waals surface area contributed by atoms with Crippen molar-refractivity contribution in [3.05, 3.63) is 42.0 Å². The van der Waals surface area contributed by atoms with Crippen molar-refractivity contribution in [2.75, 3.05) is 0 Å². The standard InChI is InChI=1S/C10H8O4.Mn/c11-8(6-9(12)10(13)14)7-4-2-1-3-5-7;/h1-6,11H,(H,13,14);/q;+2/p-2/b8-6-;. The SMILES string of the molecule is O=C([O-])C(=O)/C=C(\[O-])c1ccccc1.[Mn+2]. The molecule has 0 N–H and O–H groups in total. The number of rotatable bonds is 3. The molecule has 4 nitrogen and oxygen atoms in total. The van der Waals surface area contributed by atoms with Crippen molar-refractivity contribution >= 4 is 17.5 Å². The van der Waals surface area contributed by atoms with Gasteiger partial charge in [-0.15, -0.1) is 0 Å². The van der Waals surface area contributed by atoms with E-state index in [-0.39, 0.29) is 22.6 Å². The van der Waals surface area contributed by atoms with Crippen LogP contribution in [0.3, 0.4) is 0 Å². The Bertz CT molecular complexity index is 384. The molecule has 0 atom stereocenters. The van der Waals surface area contributed by atoms with Crippen LogP contribution >= 0.6 is 0 Å². The minimum absolute atomic E-state index is 0. The Kier molecular flexibility index (Phi) is 5.37. The first-order chi connectivity index (χ1) is 6.61. The molecule has 1 radical (unpaired) electrons. The summed E-state index contributed by atoms with van der Waals surface area (Å²) in [7, 11) is 0. The summed E-state index contributed by atoms with van der Waals surface area (Å²) in [5.41, 5.74) is 0.266. The van der Waals surface area contributed by atoms with Gasteiger partial charge in [-0.1, -0.05) is 36.1 Å². The number of carboxylic acids is 1. The van der Waals surface area contributed by atoms with Gasteiger partial charge >= 0.3 is 17.1 Å². The molecular formula is C10H6MnO4. The van der Waals surface area contributed by atoms with Gasteiger partial charge in [-0.2, -0.15) is 0 Å². The molecule has 0 amide bonds. The third-order valence-electron chi connectivity index (χ3n) is 1.52. The molecule has 0 saturated heterocycles. The number of aliphatic carboxylic acids is 1. The quantitative estimate of drug-likeness (QED) is 0.287. The Morgan fingerprint density at radius 3 is 2.07 bits per heavy atom. The van der Waals surface area contributed by atoms with Gasteiger partial charge in [0.15, 0.2) is 0 Å². The summed E-state index contributed by atoms with van der Waals surface area (Å²) in [6.45, 7) is 0. The zero-order chi connectivity index (χ0) is 10.6. The number of hydrogen-bond donors (Lipinski definition) is 0. The molecule has 5 heteroatoms. The van der Waals surface area contributed by atoms with Crippen molar-refractivity contribution in [3.63, 3.8) is 0 Å². The normalized spacial score (nSPS) is 10.3. The molecule has 0 fully saturated rings. The zero-order valence-corrected chi connectivity index (χ0v) is 8.66. The van der Waals surface area contributed by atoms with Crippen LogP contribution in [0, 0.1) is 0 Å². The molecule has 77 valence electrons. The molecule has 0 heterocycles. The van der Waals surface area contributed by atoms with Crippen LogP contribution in [0.2, 0.25) is 0 Å². The summed E-state index contributed by atoms with van der Waals surface area (Å²) >= 11 is 0. The van der Waals surface area contributed by atoms with Gasteiger partial charge in [0.25, 0.3) is 0 Å². The minimum Gasteiger partial charge on any atom is -0.872 e. The van der Waals surface area contributed by atoms with Gasteiger partial charge in [0.1, 0.15) is 5.97 Å². The molecule has 0 aromatic heterocycles. The van der Waals surface area contributed by atoms with E-state index in [4.69, 9.17) is 0 Å². The number of carbonyl (C=O) groups excluding carboxylic acids is 2. The van der Waals surface area contributed by atoms with Gasteiger partial charge in [-0.25, -0.2) is 0 Å². The van der Waals surface area contributed by atoms with Gasteiger partial charge in [-0.05, 0) is 11.6 Å². The average molecular weight is 245 g/mol. The first kappa shape index (κ1) is 13.4. The van der Waals surface area contributed by atoms with Crippen LogP contribution in [0.1, 0.15) is 5.56 Å². The van der Waals surface area contributed by atoms with Crippen molar-refractivity contribution in [1.29, 1.82) is 0 Å². The van der Waals surface area contributed by atoms with E-state index in [9.17, 15) is 19.8 Å². The Balaban J connectivity index is 0.00000196. The maximum absolute atomic E-state index is 11.2. The fourth-order valence-corrected chi connectivity index (χ4v) is 0.864. The molecule has 15 heavy (non-hydrogen) atoms. The fraction of sp³-hybridized carbons (Fsp3) is 0. The second kappa shape index (κ2) is 6.01. The van der Waals surface area contributed by atoms with Crippen LogP contribution in [0.5, 0.6) is 0 Å². The molecule has 0 bridgehead atoms. The molecule has 1 aromatic carbocycles. The van der Waals surface area contributed by atoms with E-state index in [1.165, 1.54) is 12.1 Å². The van der Waals surface area contributed by atoms with E-state index in [2.05, 4.69) is 0 Å². The summed E-state index contributed by atoms with van der Waals surface area (Å²) in [6, 6.07) is 7.91. The number of ketones is 1. The molecule has 1 rings (SSSR count). The van der Waals surface area contributed by atoms with E-state index in [0.717, 1.165) is 0 Å². The smallest absolute Gasteiger partial charge is 0.872 e. The maximum atomic E-state index is 11.2. The number of carbonyl (C=O) groups is 2. The molecule has 0 aliphatic heterocycles. The Morgan fingerprint density at radius 1 is 1.07 bits per heavy atom. The van der Waals surface area contributed by atoms with Crippen molar-refractivity contribution in [3.8, 4) is 0 Å². The largest absolute Gasteiger partial charge is 2.00 e. The second-order valence-electron chi connectivity index (χ2n) is 2.53. The Morgan fingerprint density at radius 2 is 1.60 bits per heavy atom. The van der Waals surface area contributed by atoms with E-state index in [0.29, 0.717) is 6.08 Å². The summed E-state index contributed by atoms with van der Waals surface area (Å²) < 4.78 is 0. The topological polar surface area (TPSA) is 80.3 Å². The first-order valence-electron chi connectivity index (χ1n) is 3.80.